The van der Waals surface area contributed by atoms with E-state index in [2.05, 4.69) is 0 Å². The molecule has 0 aliphatic heterocycles. The van der Waals surface area contributed by atoms with Crippen LogP contribution < -0.4 is 0 Å². The number of aliphatic hydroxyl groups excluding tert-OH is 2. The topological polar surface area (TPSA) is 58.9 Å². The van der Waals surface area contributed by atoms with E-state index in [1.54, 1.807) is 0 Å². The molecule has 0 aromatic heterocycles. The van der Waals surface area contributed by atoms with Crippen LogP contribution in [0.2, 0.25) is 0 Å². The van der Waals surface area contributed by atoms with Crippen LogP contribution in [0, 0.1) is 0 Å². The second-order valence-electron chi connectivity index (χ2n) is 4.47. The Balaban J connectivity index is 2.30. The first kappa shape index (κ1) is 10.9. The SMILES string of the molecule is CC(C)(C)OO[C@@H]1CC[C@@H](O)[C@@H]1O. The van der Waals surface area contributed by atoms with E-state index < -0.39 is 18.3 Å². The minimum atomic E-state index is -0.817. The molecule has 0 bridgehead atoms. The summed E-state index contributed by atoms with van der Waals surface area (Å²) in [7, 11) is 0. The van der Waals surface area contributed by atoms with E-state index in [0.717, 1.165) is 0 Å². The number of hydrogen-bond acceptors (Lipinski definition) is 4. The number of hydrogen-bond donors (Lipinski definition) is 2. The minimum absolute atomic E-state index is 0.382. The lowest BCUT2D eigenvalue weighted by Gasteiger charge is -2.22. The van der Waals surface area contributed by atoms with Crippen molar-refractivity contribution in [3.8, 4) is 0 Å². The molecule has 0 heterocycles. The van der Waals surface area contributed by atoms with E-state index in [-0.39, 0.29) is 5.60 Å². The molecule has 0 aromatic rings. The fraction of sp³-hybridized carbons (Fsp3) is 1.00. The van der Waals surface area contributed by atoms with Crippen LogP contribution in [-0.4, -0.2) is 34.1 Å². The van der Waals surface area contributed by atoms with Crippen LogP contribution in [0.1, 0.15) is 33.6 Å². The molecule has 78 valence electrons. The molecule has 0 aromatic carbocycles. The summed E-state index contributed by atoms with van der Waals surface area (Å²) in [5.74, 6) is 0. The molecule has 0 spiro atoms. The van der Waals surface area contributed by atoms with Gasteiger partial charge in [0.05, 0.1) is 11.7 Å². The highest BCUT2D eigenvalue weighted by Gasteiger charge is 2.35. The van der Waals surface area contributed by atoms with Crippen LogP contribution in [0.15, 0.2) is 0 Å². The first-order chi connectivity index (χ1) is 5.90. The van der Waals surface area contributed by atoms with Gasteiger partial charge in [0.25, 0.3) is 0 Å². The Morgan fingerprint density at radius 3 is 2.15 bits per heavy atom. The van der Waals surface area contributed by atoms with Gasteiger partial charge in [-0.25, -0.2) is 9.78 Å². The Morgan fingerprint density at radius 2 is 1.77 bits per heavy atom. The molecule has 0 unspecified atom stereocenters. The summed E-state index contributed by atoms with van der Waals surface area (Å²) in [5.41, 5.74) is -0.382. The monoisotopic (exact) mass is 190 g/mol. The Morgan fingerprint density at radius 1 is 1.15 bits per heavy atom. The summed E-state index contributed by atoms with van der Waals surface area (Å²) in [5, 5.41) is 18.6. The van der Waals surface area contributed by atoms with Gasteiger partial charge in [0, 0.05) is 0 Å². The molecular formula is C9H18O4. The predicted octanol–water partition coefficient (Wildman–Crippen LogP) is 0.617. The maximum Gasteiger partial charge on any atom is 0.121 e. The molecule has 0 radical (unpaired) electrons. The van der Waals surface area contributed by atoms with Gasteiger partial charge in [-0.1, -0.05) is 0 Å². The van der Waals surface area contributed by atoms with Crippen molar-refractivity contribution in [1.29, 1.82) is 0 Å². The van der Waals surface area contributed by atoms with Crippen molar-refractivity contribution in [3.05, 3.63) is 0 Å². The minimum Gasteiger partial charge on any atom is -0.390 e. The summed E-state index contributed by atoms with van der Waals surface area (Å²) < 4.78 is 0. The van der Waals surface area contributed by atoms with E-state index in [9.17, 15) is 10.2 Å². The van der Waals surface area contributed by atoms with Crippen molar-refractivity contribution < 1.29 is 20.0 Å². The second kappa shape index (κ2) is 3.92. The van der Waals surface area contributed by atoms with Crippen LogP contribution in [0.5, 0.6) is 0 Å². The zero-order valence-corrected chi connectivity index (χ0v) is 8.36. The van der Waals surface area contributed by atoms with E-state index in [1.807, 2.05) is 20.8 Å². The predicted molar refractivity (Wildman–Crippen MR) is 47.0 cm³/mol. The molecule has 4 nitrogen and oxygen atoms in total. The van der Waals surface area contributed by atoms with Crippen LogP contribution >= 0.6 is 0 Å². The highest BCUT2D eigenvalue weighted by atomic mass is 17.2. The molecule has 4 heteroatoms. The van der Waals surface area contributed by atoms with Gasteiger partial charge in [0.15, 0.2) is 0 Å². The third-order valence-corrected chi connectivity index (χ3v) is 1.94. The third-order valence-electron chi connectivity index (χ3n) is 1.94. The van der Waals surface area contributed by atoms with Gasteiger partial charge in [-0.2, -0.15) is 0 Å². The summed E-state index contributed by atoms with van der Waals surface area (Å²) >= 11 is 0. The highest BCUT2D eigenvalue weighted by molar-refractivity contribution is 4.84. The molecule has 1 aliphatic carbocycles. The largest absolute Gasteiger partial charge is 0.390 e. The van der Waals surface area contributed by atoms with Crippen LogP contribution in [0.4, 0.5) is 0 Å². The fourth-order valence-corrected chi connectivity index (χ4v) is 1.24. The van der Waals surface area contributed by atoms with Crippen molar-refractivity contribution >= 4 is 0 Å². The lowest BCUT2D eigenvalue weighted by molar-refractivity contribution is -0.381. The first-order valence-corrected chi connectivity index (χ1v) is 4.61. The number of aliphatic hydroxyl groups is 2. The molecule has 2 N–H and O–H groups in total. The lowest BCUT2D eigenvalue weighted by atomic mass is 10.2. The molecule has 1 rings (SSSR count). The summed E-state index contributed by atoms with van der Waals surface area (Å²) in [6, 6.07) is 0. The molecular weight excluding hydrogens is 172 g/mol. The van der Waals surface area contributed by atoms with Gasteiger partial charge >= 0.3 is 0 Å². The van der Waals surface area contributed by atoms with Crippen molar-refractivity contribution in [3.63, 3.8) is 0 Å². The zero-order valence-electron chi connectivity index (χ0n) is 8.36. The quantitative estimate of drug-likeness (QED) is 0.495. The summed E-state index contributed by atoms with van der Waals surface area (Å²) in [6.07, 6.45) is -0.678. The van der Waals surface area contributed by atoms with Crippen molar-refractivity contribution in [2.24, 2.45) is 0 Å². The van der Waals surface area contributed by atoms with Crippen molar-refractivity contribution in [1.82, 2.24) is 0 Å². The normalized spacial score (nSPS) is 35.3. The Bertz CT molecular complexity index is 163. The molecule has 13 heavy (non-hydrogen) atoms. The Hall–Kier alpha value is -0.160. The van der Waals surface area contributed by atoms with Gasteiger partial charge in [0.2, 0.25) is 0 Å². The van der Waals surface area contributed by atoms with E-state index in [1.165, 1.54) is 0 Å². The number of rotatable bonds is 2. The maximum absolute atomic E-state index is 9.40. The van der Waals surface area contributed by atoms with Crippen molar-refractivity contribution in [2.75, 3.05) is 0 Å². The standard InChI is InChI=1S/C9H18O4/c1-9(2,3)13-12-7-5-4-6(10)8(7)11/h6-8,10-11H,4-5H2,1-3H3/t6-,7-,8+/m1/s1. The van der Waals surface area contributed by atoms with Gasteiger partial charge in [-0.05, 0) is 33.6 Å². The first-order valence-electron chi connectivity index (χ1n) is 4.61. The summed E-state index contributed by atoms with van der Waals surface area (Å²) in [6.45, 7) is 5.60. The van der Waals surface area contributed by atoms with Crippen molar-refractivity contribution in [2.45, 2.75) is 57.5 Å². The molecule has 1 aliphatic rings. The zero-order chi connectivity index (χ0) is 10.1. The average Bonchev–Trinajstić information content (AvgIpc) is 2.29. The van der Waals surface area contributed by atoms with Gasteiger partial charge in [-0.15, -0.1) is 0 Å². The van der Waals surface area contributed by atoms with Gasteiger partial charge in [-0.3, -0.25) is 0 Å². The van der Waals surface area contributed by atoms with Gasteiger partial charge < -0.3 is 10.2 Å². The van der Waals surface area contributed by atoms with Gasteiger partial charge in [0.1, 0.15) is 12.2 Å². The third kappa shape index (κ3) is 3.23. The molecule has 3 atom stereocenters. The average molecular weight is 190 g/mol. The van der Waals surface area contributed by atoms with E-state index in [4.69, 9.17) is 9.78 Å². The highest BCUT2D eigenvalue weighted by Crippen LogP contribution is 2.24. The van der Waals surface area contributed by atoms with E-state index >= 15 is 0 Å². The molecule has 1 saturated carbocycles. The molecule has 1 fully saturated rings. The van der Waals surface area contributed by atoms with E-state index in [0.29, 0.717) is 12.8 Å². The molecule has 0 saturated heterocycles. The van der Waals surface area contributed by atoms with Crippen LogP contribution in [-0.2, 0) is 9.78 Å². The second-order valence-corrected chi connectivity index (χ2v) is 4.47. The lowest BCUT2D eigenvalue weighted by Crippen LogP contribution is -2.33. The maximum atomic E-state index is 9.40. The fourth-order valence-electron chi connectivity index (χ4n) is 1.24. The Labute approximate surface area is 78.4 Å². The van der Waals surface area contributed by atoms with Crippen LogP contribution in [0.3, 0.4) is 0 Å². The smallest absolute Gasteiger partial charge is 0.121 e. The van der Waals surface area contributed by atoms with Crippen LogP contribution in [0.25, 0.3) is 0 Å². The Kier molecular flexibility index (Phi) is 3.29. The molecule has 0 amide bonds. The summed E-state index contributed by atoms with van der Waals surface area (Å²) in [4.78, 5) is 10.1.